The molecule has 102 valence electrons. The Hall–Kier alpha value is -2.06. The molecule has 0 aliphatic heterocycles. The van der Waals surface area contributed by atoms with Gasteiger partial charge in [-0.1, -0.05) is 0 Å². The Kier molecular flexibility index (Phi) is 4.26. The Labute approximate surface area is 124 Å². The van der Waals surface area contributed by atoms with Crippen LogP contribution < -0.4 is 5.32 Å². The van der Waals surface area contributed by atoms with Crippen molar-refractivity contribution in [3.8, 4) is 11.8 Å². The fourth-order valence-electron chi connectivity index (χ4n) is 1.88. The van der Waals surface area contributed by atoms with E-state index in [1.54, 1.807) is 18.2 Å². The van der Waals surface area contributed by atoms with Crippen molar-refractivity contribution in [2.75, 3.05) is 5.32 Å². The van der Waals surface area contributed by atoms with Crippen LogP contribution in [0.2, 0.25) is 0 Å². The van der Waals surface area contributed by atoms with Gasteiger partial charge >= 0.3 is 0 Å². The smallest absolute Gasteiger partial charge is 0.123 e. The molecule has 0 amide bonds. The lowest BCUT2D eigenvalue weighted by Gasteiger charge is -2.18. The van der Waals surface area contributed by atoms with Gasteiger partial charge in [0.1, 0.15) is 11.6 Å². The van der Waals surface area contributed by atoms with E-state index in [0.717, 1.165) is 10.2 Å². The van der Waals surface area contributed by atoms with Crippen LogP contribution in [0.1, 0.15) is 24.1 Å². The number of nitrogens with one attached hydrogen (secondary N) is 1. The van der Waals surface area contributed by atoms with Crippen molar-refractivity contribution in [2.24, 2.45) is 0 Å². The van der Waals surface area contributed by atoms with E-state index in [4.69, 9.17) is 5.26 Å². The number of nitrogens with zero attached hydrogens (tertiary/aromatic N) is 1. The Balaban J connectivity index is 2.26. The van der Waals surface area contributed by atoms with E-state index in [2.05, 4.69) is 21.2 Å². The fraction of sp³-hybridized carbons (Fsp3) is 0.133. The number of benzene rings is 2. The minimum absolute atomic E-state index is 0.0381. The maximum Gasteiger partial charge on any atom is 0.123 e. The van der Waals surface area contributed by atoms with Gasteiger partial charge in [-0.15, -0.1) is 0 Å². The molecule has 5 heteroatoms. The van der Waals surface area contributed by atoms with Gasteiger partial charge in [-0.3, -0.25) is 0 Å². The van der Waals surface area contributed by atoms with Gasteiger partial charge in [-0.25, -0.2) is 4.39 Å². The molecular weight excluding hydrogens is 323 g/mol. The van der Waals surface area contributed by atoms with Gasteiger partial charge in [0, 0.05) is 15.7 Å². The number of hydrogen-bond acceptors (Lipinski definition) is 3. The molecule has 0 aliphatic rings. The highest BCUT2D eigenvalue weighted by atomic mass is 79.9. The first-order chi connectivity index (χ1) is 9.51. The maximum absolute atomic E-state index is 13.2. The standard InChI is InChI=1S/C15H12BrFN2O/c1-9(12-7-11(17)3-5-15(12)20)19-14-4-2-10(8-18)6-13(14)16/h2-7,9,19-20H,1H3. The molecule has 0 aromatic heterocycles. The third-order valence-electron chi connectivity index (χ3n) is 2.93. The number of rotatable bonds is 3. The second kappa shape index (κ2) is 5.93. The second-order valence-corrected chi connectivity index (χ2v) is 5.23. The van der Waals surface area contributed by atoms with E-state index in [1.165, 1.54) is 18.2 Å². The summed E-state index contributed by atoms with van der Waals surface area (Å²) in [6, 6.07) is 10.7. The van der Waals surface area contributed by atoms with E-state index in [1.807, 2.05) is 13.0 Å². The monoisotopic (exact) mass is 334 g/mol. The Morgan fingerprint density at radius 2 is 2.05 bits per heavy atom. The van der Waals surface area contributed by atoms with Crippen LogP contribution in [-0.2, 0) is 0 Å². The van der Waals surface area contributed by atoms with Crippen molar-refractivity contribution >= 4 is 21.6 Å². The second-order valence-electron chi connectivity index (χ2n) is 4.38. The average molecular weight is 335 g/mol. The Morgan fingerprint density at radius 1 is 1.30 bits per heavy atom. The zero-order valence-electron chi connectivity index (χ0n) is 10.7. The zero-order valence-corrected chi connectivity index (χ0v) is 12.3. The molecule has 0 saturated carbocycles. The van der Waals surface area contributed by atoms with Crippen molar-refractivity contribution in [1.82, 2.24) is 0 Å². The van der Waals surface area contributed by atoms with Gasteiger partial charge in [0.25, 0.3) is 0 Å². The molecule has 2 aromatic carbocycles. The number of phenols is 1. The minimum Gasteiger partial charge on any atom is -0.508 e. The quantitative estimate of drug-likeness (QED) is 0.877. The van der Waals surface area contributed by atoms with Crippen molar-refractivity contribution in [3.63, 3.8) is 0 Å². The lowest BCUT2D eigenvalue weighted by atomic mass is 10.1. The Bertz CT molecular complexity index is 682. The molecule has 0 aliphatic carbocycles. The van der Waals surface area contributed by atoms with Crippen LogP contribution in [0.3, 0.4) is 0 Å². The van der Waals surface area contributed by atoms with Gasteiger partial charge in [0.05, 0.1) is 17.7 Å². The molecular formula is C15H12BrFN2O. The lowest BCUT2D eigenvalue weighted by molar-refractivity contribution is 0.462. The van der Waals surface area contributed by atoms with E-state index < -0.39 is 5.82 Å². The van der Waals surface area contributed by atoms with Crippen LogP contribution in [0, 0.1) is 17.1 Å². The molecule has 0 spiro atoms. The summed E-state index contributed by atoms with van der Waals surface area (Å²) in [5.74, 6) is -0.360. The fourth-order valence-corrected chi connectivity index (χ4v) is 2.38. The first-order valence-corrected chi connectivity index (χ1v) is 6.75. The van der Waals surface area contributed by atoms with Gasteiger partial charge in [-0.2, -0.15) is 5.26 Å². The average Bonchev–Trinajstić information content (AvgIpc) is 2.43. The molecule has 3 nitrogen and oxygen atoms in total. The van der Waals surface area contributed by atoms with Crippen LogP contribution in [0.15, 0.2) is 40.9 Å². The zero-order chi connectivity index (χ0) is 14.7. The molecule has 2 rings (SSSR count). The molecule has 2 N–H and O–H groups in total. The molecule has 0 bridgehead atoms. The number of anilines is 1. The Morgan fingerprint density at radius 3 is 2.70 bits per heavy atom. The number of nitriles is 1. The number of aromatic hydroxyl groups is 1. The molecule has 2 aromatic rings. The van der Waals surface area contributed by atoms with E-state index in [0.29, 0.717) is 11.1 Å². The number of hydrogen-bond donors (Lipinski definition) is 2. The van der Waals surface area contributed by atoms with Crippen molar-refractivity contribution in [2.45, 2.75) is 13.0 Å². The molecule has 20 heavy (non-hydrogen) atoms. The third kappa shape index (κ3) is 3.09. The number of halogens is 2. The normalized spacial score (nSPS) is 11.7. The molecule has 1 unspecified atom stereocenters. The van der Waals surface area contributed by atoms with Crippen LogP contribution in [0.4, 0.5) is 10.1 Å². The SMILES string of the molecule is CC(Nc1ccc(C#N)cc1Br)c1cc(F)ccc1O. The summed E-state index contributed by atoms with van der Waals surface area (Å²) < 4.78 is 14.0. The lowest BCUT2D eigenvalue weighted by Crippen LogP contribution is -2.07. The van der Waals surface area contributed by atoms with E-state index >= 15 is 0 Å². The van der Waals surface area contributed by atoms with Crippen molar-refractivity contribution < 1.29 is 9.50 Å². The van der Waals surface area contributed by atoms with Gasteiger partial charge in [0.2, 0.25) is 0 Å². The summed E-state index contributed by atoms with van der Waals surface area (Å²) in [5, 5.41) is 21.8. The summed E-state index contributed by atoms with van der Waals surface area (Å²) in [4.78, 5) is 0. The predicted octanol–water partition coefficient (Wildman–Crippen LogP) is 4.34. The van der Waals surface area contributed by atoms with Gasteiger partial charge in [-0.05, 0) is 59.3 Å². The van der Waals surface area contributed by atoms with Crippen LogP contribution in [0.25, 0.3) is 0 Å². The van der Waals surface area contributed by atoms with Crippen molar-refractivity contribution in [1.29, 1.82) is 5.26 Å². The summed E-state index contributed by atoms with van der Waals surface area (Å²) in [5.41, 5.74) is 1.78. The highest BCUT2D eigenvalue weighted by Crippen LogP contribution is 2.31. The van der Waals surface area contributed by atoms with Gasteiger partial charge in [0.15, 0.2) is 0 Å². The minimum atomic E-state index is -0.398. The largest absolute Gasteiger partial charge is 0.508 e. The van der Waals surface area contributed by atoms with E-state index in [9.17, 15) is 9.50 Å². The van der Waals surface area contributed by atoms with Crippen molar-refractivity contribution in [3.05, 3.63) is 57.8 Å². The highest BCUT2D eigenvalue weighted by molar-refractivity contribution is 9.10. The molecule has 1 atom stereocenters. The van der Waals surface area contributed by atoms with Crippen LogP contribution in [0.5, 0.6) is 5.75 Å². The number of phenolic OH excluding ortho intramolecular Hbond substituents is 1. The van der Waals surface area contributed by atoms with Crippen LogP contribution in [-0.4, -0.2) is 5.11 Å². The topological polar surface area (TPSA) is 56.0 Å². The summed E-state index contributed by atoms with van der Waals surface area (Å²) in [6.45, 7) is 1.82. The molecule has 0 radical (unpaired) electrons. The van der Waals surface area contributed by atoms with Gasteiger partial charge < -0.3 is 10.4 Å². The van der Waals surface area contributed by atoms with E-state index in [-0.39, 0.29) is 11.8 Å². The molecule has 0 saturated heterocycles. The third-order valence-corrected chi connectivity index (χ3v) is 3.58. The first-order valence-electron chi connectivity index (χ1n) is 5.96. The molecule has 0 fully saturated rings. The predicted molar refractivity (Wildman–Crippen MR) is 79.0 cm³/mol. The summed E-state index contributed by atoms with van der Waals surface area (Å²) in [6.07, 6.45) is 0. The first kappa shape index (κ1) is 14.4. The summed E-state index contributed by atoms with van der Waals surface area (Å²) >= 11 is 3.37. The van der Waals surface area contributed by atoms with Crippen LogP contribution >= 0.6 is 15.9 Å². The molecule has 0 heterocycles. The highest BCUT2D eigenvalue weighted by Gasteiger charge is 2.13. The summed E-state index contributed by atoms with van der Waals surface area (Å²) in [7, 11) is 0. The maximum atomic E-state index is 13.2.